The Kier molecular flexibility index (Phi) is 8.23. The number of fused-ring (bicyclic) bond motifs is 1. The SMILES string of the molecule is COC(=O)c1ccc2c(O[C@@H]3C[C@@H](C(=O)OCc4ccccc4)N(C(=O)OC(C)(C)C)C3)cc(OC)cc2n1. The van der Waals surface area contributed by atoms with Gasteiger partial charge in [0, 0.05) is 23.9 Å². The molecule has 4 rings (SSSR count). The molecule has 0 aliphatic carbocycles. The van der Waals surface area contributed by atoms with Crippen molar-refractivity contribution in [2.75, 3.05) is 20.8 Å². The average molecular weight is 537 g/mol. The highest BCUT2D eigenvalue weighted by Crippen LogP contribution is 2.34. The lowest BCUT2D eigenvalue weighted by atomic mass is 10.1. The number of aromatic nitrogens is 1. The maximum Gasteiger partial charge on any atom is 0.411 e. The van der Waals surface area contributed by atoms with Gasteiger partial charge in [-0.05, 0) is 38.5 Å². The van der Waals surface area contributed by atoms with Gasteiger partial charge in [0.2, 0.25) is 0 Å². The first-order chi connectivity index (χ1) is 18.6. The molecule has 1 aliphatic heterocycles. The van der Waals surface area contributed by atoms with Crippen molar-refractivity contribution in [2.45, 2.75) is 51.5 Å². The van der Waals surface area contributed by atoms with Crippen molar-refractivity contribution in [1.82, 2.24) is 9.88 Å². The van der Waals surface area contributed by atoms with Crippen molar-refractivity contribution < 1.29 is 38.1 Å². The number of carbonyl (C=O) groups is 3. The van der Waals surface area contributed by atoms with Crippen molar-refractivity contribution in [3.63, 3.8) is 0 Å². The molecule has 2 aromatic carbocycles. The summed E-state index contributed by atoms with van der Waals surface area (Å²) in [4.78, 5) is 43.9. The molecule has 10 nitrogen and oxygen atoms in total. The van der Waals surface area contributed by atoms with Gasteiger partial charge >= 0.3 is 18.0 Å². The second-order valence-corrected chi connectivity index (χ2v) is 10.1. The average Bonchev–Trinajstić information content (AvgIpc) is 3.34. The zero-order valence-corrected chi connectivity index (χ0v) is 22.6. The maximum absolute atomic E-state index is 13.1. The normalized spacial score (nSPS) is 17.0. The molecule has 39 heavy (non-hydrogen) atoms. The number of likely N-dealkylation sites (tertiary alicyclic amines) is 1. The number of hydrogen-bond donors (Lipinski definition) is 0. The van der Waals surface area contributed by atoms with Crippen LogP contribution in [-0.2, 0) is 25.6 Å². The third-order valence-corrected chi connectivity index (χ3v) is 6.05. The molecule has 1 amide bonds. The van der Waals surface area contributed by atoms with Crippen LogP contribution in [0.5, 0.6) is 11.5 Å². The van der Waals surface area contributed by atoms with E-state index in [-0.39, 0.29) is 25.3 Å². The Morgan fingerprint density at radius 1 is 1.03 bits per heavy atom. The van der Waals surface area contributed by atoms with E-state index in [4.69, 9.17) is 23.7 Å². The number of pyridine rings is 1. The van der Waals surface area contributed by atoms with Crippen LogP contribution in [-0.4, -0.2) is 66.4 Å². The number of rotatable bonds is 7. The summed E-state index contributed by atoms with van der Waals surface area (Å²) in [5.41, 5.74) is 0.693. The summed E-state index contributed by atoms with van der Waals surface area (Å²) in [6.45, 7) is 5.46. The fourth-order valence-corrected chi connectivity index (χ4v) is 4.24. The first kappa shape index (κ1) is 27.7. The van der Waals surface area contributed by atoms with Crippen LogP contribution in [0.3, 0.4) is 0 Å². The fraction of sp³-hybridized carbons (Fsp3) is 0.379. The van der Waals surface area contributed by atoms with E-state index in [1.807, 2.05) is 30.3 Å². The molecule has 3 aromatic rings. The standard InChI is InChI=1S/C29H32N2O8/c1-29(2,3)39-28(34)31-16-20(14-24(31)27(33)37-17-18-9-7-6-8-10-18)38-25-15-19(35-4)13-23-21(25)11-12-22(30-23)26(32)36-5/h6-13,15,20,24H,14,16-17H2,1-5H3/t20-,24+/m1/s1. The maximum atomic E-state index is 13.1. The number of methoxy groups -OCH3 is 2. The van der Waals surface area contributed by atoms with E-state index in [0.29, 0.717) is 22.4 Å². The summed E-state index contributed by atoms with van der Waals surface area (Å²) in [6.07, 6.45) is -0.989. The molecule has 2 atom stereocenters. The third-order valence-electron chi connectivity index (χ3n) is 6.05. The largest absolute Gasteiger partial charge is 0.497 e. The van der Waals surface area contributed by atoms with Crippen LogP contribution in [0.4, 0.5) is 4.79 Å². The number of ether oxygens (including phenoxy) is 5. The molecule has 0 radical (unpaired) electrons. The molecular weight excluding hydrogens is 504 g/mol. The summed E-state index contributed by atoms with van der Waals surface area (Å²) < 4.78 is 27.6. The van der Waals surface area contributed by atoms with Gasteiger partial charge in [-0.3, -0.25) is 4.90 Å². The first-order valence-corrected chi connectivity index (χ1v) is 12.5. The highest BCUT2D eigenvalue weighted by Gasteiger charge is 2.43. The monoisotopic (exact) mass is 536 g/mol. The number of amides is 1. The molecule has 0 spiro atoms. The fourth-order valence-electron chi connectivity index (χ4n) is 4.24. The van der Waals surface area contributed by atoms with Crippen molar-refractivity contribution in [1.29, 1.82) is 0 Å². The molecule has 0 bridgehead atoms. The van der Waals surface area contributed by atoms with Crippen molar-refractivity contribution in [3.05, 3.63) is 65.9 Å². The van der Waals surface area contributed by atoms with E-state index in [1.54, 1.807) is 45.0 Å². The number of esters is 2. The molecule has 0 unspecified atom stereocenters. The summed E-state index contributed by atoms with van der Waals surface area (Å²) in [5, 5.41) is 0.627. The van der Waals surface area contributed by atoms with Crippen molar-refractivity contribution in [3.8, 4) is 11.5 Å². The van der Waals surface area contributed by atoms with E-state index in [0.717, 1.165) is 5.56 Å². The van der Waals surface area contributed by atoms with E-state index in [9.17, 15) is 14.4 Å². The Balaban J connectivity index is 1.58. The Morgan fingerprint density at radius 2 is 1.77 bits per heavy atom. The van der Waals surface area contributed by atoms with Gasteiger partial charge in [0.15, 0.2) is 0 Å². The Labute approximate surface area is 226 Å². The summed E-state index contributed by atoms with van der Waals surface area (Å²) >= 11 is 0. The third kappa shape index (κ3) is 6.76. The van der Waals surface area contributed by atoms with E-state index >= 15 is 0 Å². The zero-order valence-electron chi connectivity index (χ0n) is 22.6. The molecule has 2 heterocycles. The minimum absolute atomic E-state index is 0.0819. The van der Waals surface area contributed by atoms with Crippen LogP contribution in [0, 0.1) is 0 Å². The quantitative estimate of drug-likeness (QED) is 0.317. The molecule has 1 aromatic heterocycles. The molecule has 0 N–H and O–H groups in total. The van der Waals surface area contributed by atoms with E-state index < -0.39 is 35.8 Å². The smallest absolute Gasteiger partial charge is 0.411 e. The van der Waals surface area contributed by atoms with Crippen LogP contribution >= 0.6 is 0 Å². The second kappa shape index (κ2) is 11.6. The van der Waals surface area contributed by atoms with Crippen LogP contribution in [0.1, 0.15) is 43.2 Å². The first-order valence-electron chi connectivity index (χ1n) is 12.5. The van der Waals surface area contributed by atoms with Crippen LogP contribution in [0.25, 0.3) is 10.9 Å². The minimum Gasteiger partial charge on any atom is -0.497 e. The minimum atomic E-state index is -0.894. The molecule has 1 saturated heterocycles. The number of nitrogens with zero attached hydrogens (tertiary/aromatic N) is 2. The molecule has 10 heteroatoms. The van der Waals surface area contributed by atoms with Crippen molar-refractivity contribution in [2.24, 2.45) is 0 Å². The number of benzene rings is 2. The van der Waals surface area contributed by atoms with Crippen LogP contribution in [0.15, 0.2) is 54.6 Å². The molecule has 206 valence electrons. The summed E-state index contributed by atoms with van der Waals surface area (Å²) in [7, 11) is 2.79. The number of hydrogen-bond acceptors (Lipinski definition) is 9. The lowest BCUT2D eigenvalue weighted by molar-refractivity contribution is -0.150. The van der Waals surface area contributed by atoms with Gasteiger partial charge in [-0.1, -0.05) is 30.3 Å². The lowest BCUT2D eigenvalue weighted by Crippen LogP contribution is -2.44. The highest BCUT2D eigenvalue weighted by molar-refractivity contribution is 5.93. The van der Waals surface area contributed by atoms with Crippen molar-refractivity contribution >= 4 is 28.9 Å². The van der Waals surface area contributed by atoms with Gasteiger partial charge in [-0.15, -0.1) is 0 Å². The van der Waals surface area contributed by atoms with Gasteiger partial charge in [-0.25, -0.2) is 19.4 Å². The Morgan fingerprint density at radius 3 is 2.44 bits per heavy atom. The van der Waals surface area contributed by atoms with E-state index in [1.165, 1.54) is 19.1 Å². The van der Waals surface area contributed by atoms with Crippen LogP contribution < -0.4 is 9.47 Å². The topological polar surface area (TPSA) is 113 Å². The molecule has 0 saturated carbocycles. The van der Waals surface area contributed by atoms with Gasteiger partial charge in [-0.2, -0.15) is 0 Å². The molecule has 1 aliphatic rings. The zero-order chi connectivity index (χ0) is 28.2. The predicted molar refractivity (Wildman–Crippen MR) is 142 cm³/mol. The summed E-state index contributed by atoms with van der Waals surface area (Å²) in [6, 6.07) is 15.0. The summed E-state index contributed by atoms with van der Waals surface area (Å²) in [5.74, 6) is -0.216. The van der Waals surface area contributed by atoms with Gasteiger partial charge in [0.1, 0.15) is 41.5 Å². The Hall–Kier alpha value is -4.34. The molecular formula is C29H32N2O8. The predicted octanol–water partition coefficient (Wildman–Crippen LogP) is 4.53. The number of carbonyl (C=O) groups excluding carboxylic acids is 3. The lowest BCUT2D eigenvalue weighted by Gasteiger charge is -2.27. The Bertz CT molecular complexity index is 1350. The highest BCUT2D eigenvalue weighted by atomic mass is 16.6. The molecule has 1 fully saturated rings. The second-order valence-electron chi connectivity index (χ2n) is 10.1. The van der Waals surface area contributed by atoms with Crippen LogP contribution in [0.2, 0.25) is 0 Å². The van der Waals surface area contributed by atoms with Gasteiger partial charge in [0.05, 0.1) is 26.3 Å². The van der Waals surface area contributed by atoms with Gasteiger partial charge in [0.25, 0.3) is 0 Å². The van der Waals surface area contributed by atoms with E-state index in [2.05, 4.69) is 4.98 Å². The van der Waals surface area contributed by atoms with Gasteiger partial charge < -0.3 is 23.7 Å².